The Bertz CT molecular complexity index is 1100. The lowest BCUT2D eigenvalue weighted by atomic mass is 9.92. The zero-order valence-electron chi connectivity index (χ0n) is 19.5. The van der Waals surface area contributed by atoms with Crippen molar-refractivity contribution in [3.05, 3.63) is 59.0 Å². The Kier molecular flexibility index (Phi) is 7.24. The number of carbonyl (C=O) groups excluding carboxylic acids is 1. The minimum Gasteiger partial charge on any atom is -0.376 e. The molecule has 1 amide bonds. The summed E-state index contributed by atoms with van der Waals surface area (Å²) in [7, 11) is -1.38. The number of aromatic nitrogens is 1. The third-order valence-electron chi connectivity index (χ3n) is 6.65. The van der Waals surface area contributed by atoms with Gasteiger partial charge in [0, 0.05) is 45.1 Å². The van der Waals surface area contributed by atoms with Crippen LogP contribution in [0.3, 0.4) is 0 Å². The topological polar surface area (TPSA) is 85.5 Å². The van der Waals surface area contributed by atoms with Crippen LogP contribution in [0.15, 0.2) is 41.4 Å². The minimum absolute atomic E-state index is 0.0601. The Balaban J connectivity index is 1.15. The first-order valence-electron chi connectivity index (χ1n) is 11.8. The standard InChI is InChI=1S/C25H34N4O3S/c1-19-6-8-22(9-7-19)33(31,32)29-15-10-20(11-16-29)5-3-4-13-26-25(30)24-17-21-18-28(2)14-12-23(21)27-24/h6-9,12,14,17,20,27H,3-5,10-11,13,15-16,18H2,1-2H3,(H,26,30). The fourth-order valence-electron chi connectivity index (χ4n) is 4.59. The van der Waals surface area contributed by atoms with E-state index < -0.39 is 10.0 Å². The van der Waals surface area contributed by atoms with E-state index in [1.54, 1.807) is 16.4 Å². The second-order valence-electron chi connectivity index (χ2n) is 9.26. The molecule has 0 spiro atoms. The first-order valence-corrected chi connectivity index (χ1v) is 13.2. The number of aromatic amines is 1. The van der Waals surface area contributed by atoms with Crippen molar-refractivity contribution >= 4 is 22.0 Å². The Hall–Kier alpha value is -2.58. The number of piperidine rings is 1. The normalized spacial score (nSPS) is 17.2. The summed E-state index contributed by atoms with van der Waals surface area (Å²) in [6.07, 6.45) is 8.82. The van der Waals surface area contributed by atoms with Gasteiger partial charge in [0.2, 0.25) is 10.0 Å². The number of benzene rings is 1. The molecule has 178 valence electrons. The van der Waals surface area contributed by atoms with Crippen molar-refractivity contribution in [2.24, 2.45) is 5.92 Å². The van der Waals surface area contributed by atoms with Gasteiger partial charge in [0.05, 0.1) is 4.90 Å². The van der Waals surface area contributed by atoms with E-state index in [1.807, 2.05) is 44.4 Å². The van der Waals surface area contributed by atoms with E-state index in [4.69, 9.17) is 0 Å². The fourth-order valence-corrected chi connectivity index (χ4v) is 6.06. The third-order valence-corrected chi connectivity index (χ3v) is 8.56. The molecule has 0 unspecified atom stereocenters. The second kappa shape index (κ2) is 10.1. The van der Waals surface area contributed by atoms with Crippen molar-refractivity contribution in [3.8, 4) is 0 Å². The van der Waals surface area contributed by atoms with Gasteiger partial charge in [-0.2, -0.15) is 4.31 Å². The highest BCUT2D eigenvalue weighted by Crippen LogP contribution is 2.27. The number of sulfonamides is 1. The number of hydrogen-bond donors (Lipinski definition) is 2. The largest absolute Gasteiger partial charge is 0.376 e. The molecule has 2 N–H and O–H groups in total. The molecule has 2 aliphatic heterocycles. The van der Waals surface area contributed by atoms with Crippen LogP contribution in [0.4, 0.5) is 0 Å². The fraction of sp³-hybridized carbons (Fsp3) is 0.480. The zero-order chi connectivity index (χ0) is 23.4. The Morgan fingerprint density at radius 1 is 1.15 bits per heavy atom. The van der Waals surface area contributed by atoms with Crippen LogP contribution in [0.1, 0.15) is 59.4 Å². The molecule has 4 rings (SSSR count). The monoisotopic (exact) mass is 470 g/mol. The van der Waals surface area contributed by atoms with Gasteiger partial charge < -0.3 is 15.2 Å². The maximum atomic E-state index is 12.8. The molecule has 1 aromatic heterocycles. The van der Waals surface area contributed by atoms with Crippen LogP contribution < -0.4 is 5.32 Å². The Labute approximate surface area is 196 Å². The second-order valence-corrected chi connectivity index (χ2v) is 11.2. The van der Waals surface area contributed by atoms with E-state index in [2.05, 4.69) is 15.2 Å². The van der Waals surface area contributed by atoms with Crippen LogP contribution in [-0.4, -0.2) is 55.2 Å². The molecule has 3 heterocycles. The van der Waals surface area contributed by atoms with Crippen molar-refractivity contribution in [3.63, 3.8) is 0 Å². The van der Waals surface area contributed by atoms with Crippen LogP contribution in [0.5, 0.6) is 0 Å². The lowest BCUT2D eigenvalue weighted by molar-refractivity contribution is 0.0948. The quantitative estimate of drug-likeness (QED) is 0.576. The van der Waals surface area contributed by atoms with Gasteiger partial charge in [-0.1, -0.05) is 30.5 Å². The van der Waals surface area contributed by atoms with Crippen molar-refractivity contribution in [2.45, 2.75) is 50.5 Å². The van der Waals surface area contributed by atoms with Gasteiger partial charge in [-0.3, -0.25) is 4.79 Å². The summed E-state index contributed by atoms with van der Waals surface area (Å²) in [5.41, 5.74) is 3.82. The molecule has 0 aliphatic carbocycles. The highest BCUT2D eigenvalue weighted by atomic mass is 32.2. The van der Waals surface area contributed by atoms with E-state index in [1.165, 1.54) is 0 Å². The highest BCUT2D eigenvalue weighted by Gasteiger charge is 2.29. The van der Waals surface area contributed by atoms with Crippen molar-refractivity contribution < 1.29 is 13.2 Å². The molecule has 1 saturated heterocycles. The van der Waals surface area contributed by atoms with Crippen LogP contribution in [-0.2, 0) is 16.6 Å². The summed E-state index contributed by atoms with van der Waals surface area (Å²) >= 11 is 0. The van der Waals surface area contributed by atoms with Gasteiger partial charge in [0.15, 0.2) is 0 Å². The third kappa shape index (κ3) is 5.68. The number of nitrogens with zero attached hydrogens (tertiary/aromatic N) is 2. The van der Waals surface area contributed by atoms with E-state index in [0.717, 1.165) is 55.5 Å². The number of nitrogens with one attached hydrogen (secondary N) is 2. The minimum atomic E-state index is -3.40. The molecule has 1 aromatic carbocycles. The maximum Gasteiger partial charge on any atom is 0.267 e. The van der Waals surface area contributed by atoms with Gasteiger partial charge in [0.1, 0.15) is 5.69 Å². The van der Waals surface area contributed by atoms with Crippen LogP contribution in [0, 0.1) is 12.8 Å². The molecule has 7 nitrogen and oxygen atoms in total. The zero-order valence-corrected chi connectivity index (χ0v) is 20.3. The number of hydrogen-bond acceptors (Lipinski definition) is 4. The first-order chi connectivity index (χ1) is 15.8. The van der Waals surface area contributed by atoms with E-state index in [0.29, 0.717) is 36.1 Å². The number of H-pyrrole nitrogens is 1. The molecule has 0 atom stereocenters. The van der Waals surface area contributed by atoms with E-state index >= 15 is 0 Å². The molecular formula is C25H34N4O3S. The summed E-state index contributed by atoms with van der Waals surface area (Å²) < 4.78 is 27.3. The number of aryl methyl sites for hydroxylation is 1. The van der Waals surface area contributed by atoms with Gasteiger partial charge in [-0.15, -0.1) is 0 Å². The van der Waals surface area contributed by atoms with Crippen LogP contribution in [0.25, 0.3) is 6.08 Å². The molecular weight excluding hydrogens is 436 g/mol. The molecule has 0 radical (unpaired) electrons. The number of unbranched alkanes of at least 4 members (excludes halogenated alkanes) is 1. The van der Waals surface area contributed by atoms with Crippen molar-refractivity contribution in [1.82, 2.24) is 19.5 Å². The molecule has 1 fully saturated rings. The Morgan fingerprint density at radius 3 is 2.61 bits per heavy atom. The van der Waals surface area contributed by atoms with Gasteiger partial charge in [0.25, 0.3) is 5.91 Å². The molecule has 2 aliphatic rings. The summed E-state index contributed by atoms with van der Waals surface area (Å²) in [5.74, 6) is 0.485. The van der Waals surface area contributed by atoms with Gasteiger partial charge in [-0.25, -0.2) is 8.42 Å². The molecule has 0 bridgehead atoms. The van der Waals surface area contributed by atoms with Crippen LogP contribution in [0.2, 0.25) is 0 Å². The first kappa shape index (κ1) is 23.6. The lowest BCUT2D eigenvalue weighted by Gasteiger charge is -2.31. The number of rotatable bonds is 8. The smallest absolute Gasteiger partial charge is 0.267 e. The number of amides is 1. The average molecular weight is 471 g/mol. The number of fused-ring (bicyclic) bond motifs is 1. The summed E-state index contributed by atoms with van der Waals surface area (Å²) in [6, 6.07) is 9.02. The molecule has 33 heavy (non-hydrogen) atoms. The van der Waals surface area contributed by atoms with Gasteiger partial charge in [-0.05, 0) is 61.9 Å². The molecule has 2 aromatic rings. The summed E-state index contributed by atoms with van der Waals surface area (Å²) in [4.78, 5) is 18.1. The van der Waals surface area contributed by atoms with Crippen molar-refractivity contribution in [2.75, 3.05) is 26.7 Å². The molecule has 0 saturated carbocycles. The highest BCUT2D eigenvalue weighted by molar-refractivity contribution is 7.89. The predicted molar refractivity (Wildman–Crippen MR) is 130 cm³/mol. The Morgan fingerprint density at radius 2 is 1.88 bits per heavy atom. The number of carbonyl (C=O) groups is 1. The summed E-state index contributed by atoms with van der Waals surface area (Å²) in [6.45, 7) is 4.58. The van der Waals surface area contributed by atoms with Crippen molar-refractivity contribution in [1.29, 1.82) is 0 Å². The lowest BCUT2D eigenvalue weighted by Crippen LogP contribution is -2.38. The van der Waals surface area contributed by atoms with E-state index in [9.17, 15) is 13.2 Å². The summed E-state index contributed by atoms with van der Waals surface area (Å²) in [5, 5.41) is 3.01. The van der Waals surface area contributed by atoms with Gasteiger partial charge >= 0.3 is 0 Å². The SMILES string of the molecule is Cc1ccc(S(=O)(=O)N2CCC(CCCCNC(=O)c3cc4c([nH]3)C=CN(C)C4)CC2)cc1. The van der Waals surface area contributed by atoms with Crippen LogP contribution >= 0.6 is 0 Å². The van der Waals surface area contributed by atoms with E-state index in [-0.39, 0.29) is 5.91 Å². The maximum absolute atomic E-state index is 12.8. The average Bonchev–Trinajstić information content (AvgIpc) is 3.23. The predicted octanol–water partition coefficient (Wildman–Crippen LogP) is 3.74. The molecule has 8 heteroatoms.